The molecule has 0 atom stereocenters. The number of nitrogens with zero attached hydrogens (tertiary/aromatic N) is 2. The molecule has 3 heteroatoms. The summed E-state index contributed by atoms with van der Waals surface area (Å²) < 4.78 is 7.46. The van der Waals surface area contributed by atoms with Crippen molar-refractivity contribution in [1.82, 2.24) is 9.13 Å². The molecule has 0 saturated carbocycles. The molecular weight excluding hydrogens is 649 g/mol. The topological polar surface area (TPSA) is 9.86 Å². The van der Waals surface area contributed by atoms with Crippen molar-refractivity contribution in [3.8, 4) is 5.69 Å². The standard InChI is InChI=1S/C26H19NS.C13H11N.5C2H6/c1-2-17-15-18(16-22-21-11-5-8-14-25(21)28-26(17)22)27-23-12-6-3-9-19(23)20-10-4-7-13-24(20)27;1-14-12-8-4-2-6-10(12)11-7-3-5-9-13(11)14;5*1-2/h3-16H,2H2,1H3;2-9H,1H3;5*1-2H3. The summed E-state index contributed by atoms with van der Waals surface area (Å²) in [6, 6.07) is 48.0. The molecular formula is C49H60N2S. The van der Waals surface area contributed by atoms with Crippen molar-refractivity contribution in [3.05, 3.63) is 139 Å². The minimum atomic E-state index is 1.04. The first-order chi connectivity index (χ1) is 25.7. The largest absolute Gasteiger partial charge is 0.344 e. The Labute approximate surface area is 317 Å². The van der Waals surface area contributed by atoms with E-state index in [9.17, 15) is 0 Å². The van der Waals surface area contributed by atoms with Crippen LogP contribution in [0.3, 0.4) is 0 Å². The summed E-state index contributed by atoms with van der Waals surface area (Å²) in [5.41, 5.74) is 7.82. The van der Waals surface area contributed by atoms with Gasteiger partial charge in [-0.05, 0) is 54.4 Å². The molecule has 9 aromatic rings. The second-order valence-corrected chi connectivity index (χ2v) is 11.9. The zero-order valence-corrected chi connectivity index (χ0v) is 34.5. The van der Waals surface area contributed by atoms with Crippen LogP contribution < -0.4 is 0 Å². The molecule has 0 amide bonds. The predicted octanol–water partition coefficient (Wildman–Crippen LogP) is 16.2. The Morgan fingerprint density at radius 1 is 0.423 bits per heavy atom. The van der Waals surface area contributed by atoms with E-state index < -0.39 is 0 Å². The van der Waals surface area contributed by atoms with Gasteiger partial charge in [0.2, 0.25) is 0 Å². The third kappa shape index (κ3) is 8.11. The summed E-state index contributed by atoms with van der Waals surface area (Å²) in [7, 11) is 2.12. The van der Waals surface area contributed by atoms with Crippen LogP contribution in [0.4, 0.5) is 0 Å². The first kappa shape index (κ1) is 41.6. The number of hydrogen-bond acceptors (Lipinski definition) is 1. The van der Waals surface area contributed by atoms with Crippen molar-refractivity contribution in [2.75, 3.05) is 0 Å². The van der Waals surface area contributed by atoms with E-state index in [4.69, 9.17) is 0 Å². The van der Waals surface area contributed by atoms with Crippen LogP contribution in [0.1, 0.15) is 81.7 Å². The molecule has 9 rings (SSSR count). The van der Waals surface area contributed by atoms with E-state index in [1.807, 2.05) is 80.6 Å². The van der Waals surface area contributed by atoms with Gasteiger partial charge < -0.3 is 9.13 Å². The second kappa shape index (κ2) is 20.9. The second-order valence-electron chi connectivity index (χ2n) is 10.9. The number of aryl methyl sites for hydroxylation is 2. The van der Waals surface area contributed by atoms with Gasteiger partial charge in [-0.15, -0.1) is 11.3 Å². The van der Waals surface area contributed by atoms with Crippen molar-refractivity contribution in [1.29, 1.82) is 0 Å². The van der Waals surface area contributed by atoms with E-state index in [2.05, 4.69) is 157 Å². The van der Waals surface area contributed by atoms with Crippen molar-refractivity contribution < 1.29 is 0 Å². The third-order valence-corrected chi connectivity index (χ3v) is 9.84. The molecule has 0 aliphatic heterocycles. The highest BCUT2D eigenvalue weighted by Crippen LogP contribution is 2.39. The number of thiophene rings is 1. The van der Waals surface area contributed by atoms with E-state index in [0.29, 0.717) is 0 Å². The maximum atomic E-state index is 2.43. The molecule has 0 bridgehead atoms. The molecule has 0 N–H and O–H groups in total. The minimum absolute atomic E-state index is 1.04. The molecule has 272 valence electrons. The van der Waals surface area contributed by atoms with E-state index in [1.165, 1.54) is 75.0 Å². The number of rotatable bonds is 2. The van der Waals surface area contributed by atoms with Gasteiger partial charge in [-0.25, -0.2) is 0 Å². The Kier molecular flexibility index (Phi) is 16.7. The molecule has 52 heavy (non-hydrogen) atoms. The van der Waals surface area contributed by atoms with Crippen LogP contribution in [-0.4, -0.2) is 9.13 Å². The Bertz CT molecular complexity index is 2310. The number of fused-ring (bicyclic) bond motifs is 9. The van der Waals surface area contributed by atoms with Gasteiger partial charge in [-0.1, -0.05) is 167 Å². The smallest absolute Gasteiger partial charge is 0.0541 e. The molecule has 0 fully saturated rings. The molecule has 0 unspecified atom stereocenters. The van der Waals surface area contributed by atoms with Gasteiger partial charge in [0.25, 0.3) is 0 Å². The minimum Gasteiger partial charge on any atom is -0.344 e. The SMILES string of the molecule is CC.CC.CC.CC.CC.CCc1cc(-n2c3ccccc3c3ccccc32)cc2c1sc1ccccc12.Cn1c2ccccc2c2ccccc21. The third-order valence-electron chi connectivity index (χ3n) is 8.58. The highest BCUT2D eigenvalue weighted by atomic mass is 32.1. The maximum Gasteiger partial charge on any atom is 0.0541 e. The molecule has 0 aliphatic rings. The Hall–Kier alpha value is -4.86. The van der Waals surface area contributed by atoms with Gasteiger partial charge >= 0.3 is 0 Å². The van der Waals surface area contributed by atoms with Crippen LogP contribution in [-0.2, 0) is 13.5 Å². The van der Waals surface area contributed by atoms with Gasteiger partial charge in [0.05, 0.1) is 11.0 Å². The predicted molar refractivity (Wildman–Crippen MR) is 240 cm³/mol. The fourth-order valence-electron chi connectivity index (χ4n) is 6.59. The quantitative estimate of drug-likeness (QED) is 0.169. The van der Waals surface area contributed by atoms with Gasteiger partial charge in [0.1, 0.15) is 0 Å². The highest BCUT2D eigenvalue weighted by Gasteiger charge is 2.15. The van der Waals surface area contributed by atoms with E-state index in [1.54, 1.807) is 0 Å². The van der Waals surface area contributed by atoms with Crippen molar-refractivity contribution in [3.63, 3.8) is 0 Å². The van der Waals surface area contributed by atoms with Crippen LogP contribution in [0.15, 0.2) is 133 Å². The highest BCUT2D eigenvalue weighted by molar-refractivity contribution is 7.26. The maximum absolute atomic E-state index is 2.43. The Morgan fingerprint density at radius 3 is 1.23 bits per heavy atom. The van der Waals surface area contributed by atoms with Gasteiger partial charge in [0, 0.05) is 65.5 Å². The van der Waals surface area contributed by atoms with Crippen LogP contribution in [0.25, 0.3) is 69.5 Å². The average Bonchev–Trinajstić information content (AvgIpc) is 3.89. The van der Waals surface area contributed by atoms with E-state index in [-0.39, 0.29) is 0 Å². The van der Waals surface area contributed by atoms with Crippen molar-refractivity contribution >= 4 is 75.1 Å². The first-order valence-electron chi connectivity index (χ1n) is 19.6. The zero-order chi connectivity index (χ0) is 38.2. The van der Waals surface area contributed by atoms with E-state index in [0.717, 1.165) is 6.42 Å². The summed E-state index contributed by atoms with van der Waals surface area (Å²) >= 11 is 1.92. The summed E-state index contributed by atoms with van der Waals surface area (Å²) in [5, 5.41) is 8.03. The van der Waals surface area contributed by atoms with Gasteiger partial charge in [-0.3, -0.25) is 0 Å². The molecule has 3 heterocycles. The summed E-state index contributed by atoms with van der Waals surface area (Å²) in [6.45, 7) is 22.3. The molecule has 0 aliphatic carbocycles. The van der Waals surface area contributed by atoms with Gasteiger partial charge in [0.15, 0.2) is 0 Å². The summed E-state index contributed by atoms with van der Waals surface area (Å²) in [6.07, 6.45) is 1.04. The normalized spacial score (nSPS) is 10.0. The number of hydrogen-bond donors (Lipinski definition) is 0. The fourth-order valence-corrected chi connectivity index (χ4v) is 7.86. The molecule has 0 spiro atoms. The van der Waals surface area contributed by atoms with Crippen LogP contribution in [0, 0.1) is 0 Å². The molecule has 6 aromatic carbocycles. The zero-order valence-electron chi connectivity index (χ0n) is 33.7. The lowest BCUT2D eigenvalue weighted by Gasteiger charge is -2.11. The lowest BCUT2D eigenvalue weighted by atomic mass is 10.1. The number of benzene rings is 6. The van der Waals surface area contributed by atoms with Crippen LogP contribution in [0.5, 0.6) is 0 Å². The summed E-state index contributed by atoms with van der Waals surface area (Å²) in [5.74, 6) is 0. The van der Waals surface area contributed by atoms with Crippen molar-refractivity contribution in [2.45, 2.75) is 82.6 Å². The van der Waals surface area contributed by atoms with Gasteiger partial charge in [-0.2, -0.15) is 0 Å². The van der Waals surface area contributed by atoms with Crippen molar-refractivity contribution in [2.24, 2.45) is 7.05 Å². The molecule has 0 radical (unpaired) electrons. The lowest BCUT2D eigenvalue weighted by molar-refractivity contribution is 1.01. The first-order valence-corrected chi connectivity index (χ1v) is 20.4. The Balaban J connectivity index is 0.000000256. The van der Waals surface area contributed by atoms with E-state index >= 15 is 0 Å². The average molecular weight is 709 g/mol. The van der Waals surface area contributed by atoms with Crippen LogP contribution >= 0.6 is 11.3 Å². The molecule has 2 nitrogen and oxygen atoms in total. The number of para-hydroxylation sites is 4. The fraction of sp³-hybridized carbons (Fsp3) is 0.265. The molecule has 0 saturated heterocycles. The molecule has 3 aromatic heterocycles. The van der Waals surface area contributed by atoms with Crippen LogP contribution in [0.2, 0.25) is 0 Å². The Morgan fingerprint density at radius 2 is 0.788 bits per heavy atom. The monoisotopic (exact) mass is 708 g/mol. The lowest BCUT2D eigenvalue weighted by Crippen LogP contribution is -1.95. The number of aromatic nitrogens is 2. The summed E-state index contributed by atoms with van der Waals surface area (Å²) in [4.78, 5) is 0.